The van der Waals surface area contributed by atoms with E-state index in [1.807, 2.05) is 12.1 Å². The summed E-state index contributed by atoms with van der Waals surface area (Å²) in [6, 6.07) is 7.27. The number of nitrogens with one attached hydrogen (secondary N) is 2. The Morgan fingerprint density at radius 3 is 2.60 bits per heavy atom. The number of nitrogens with zero attached hydrogens (tertiary/aromatic N) is 5. The number of benzene rings is 1. The van der Waals surface area contributed by atoms with Crippen LogP contribution < -0.4 is 22.5 Å². The van der Waals surface area contributed by atoms with E-state index in [0.29, 0.717) is 23.7 Å². The van der Waals surface area contributed by atoms with Gasteiger partial charge in [0.2, 0.25) is 0 Å². The van der Waals surface area contributed by atoms with E-state index >= 15 is 0 Å². The highest BCUT2D eigenvalue weighted by molar-refractivity contribution is 6.99. The largest absolute Gasteiger partial charge is 0.382 e. The fourth-order valence-corrected chi connectivity index (χ4v) is 2.44. The molecule has 0 aliphatic rings. The summed E-state index contributed by atoms with van der Waals surface area (Å²) in [5, 5.41) is 17.3. The van der Waals surface area contributed by atoms with Gasteiger partial charge in [-0.2, -0.15) is 19.0 Å². The molecular formula is C13H14N10OS. The number of primary amides is 1. The predicted molar refractivity (Wildman–Crippen MR) is 93.8 cm³/mol. The maximum atomic E-state index is 11.2. The van der Waals surface area contributed by atoms with Crippen LogP contribution in [0, 0.1) is 0 Å². The van der Waals surface area contributed by atoms with E-state index < -0.39 is 5.91 Å². The minimum Gasteiger partial charge on any atom is -0.382 e. The first-order valence-electron chi connectivity index (χ1n) is 7.01. The topological polar surface area (TPSA) is 186 Å². The molecule has 3 aromatic rings. The molecule has 0 aliphatic carbocycles. The smallest absolute Gasteiger partial charge is 0.272 e. The first-order chi connectivity index (χ1) is 12.0. The molecule has 0 spiro atoms. The molecule has 8 N–H and O–H groups in total. The first-order valence-corrected chi connectivity index (χ1v) is 7.74. The zero-order valence-electron chi connectivity index (χ0n) is 12.8. The lowest BCUT2D eigenvalue weighted by Crippen LogP contribution is -2.14. The van der Waals surface area contributed by atoms with Crippen molar-refractivity contribution in [1.82, 2.24) is 18.9 Å². The van der Waals surface area contributed by atoms with Crippen LogP contribution in [0.1, 0.15) is 16.1 Å². The maximum absolute atomic E-state index is 11.2. The molecule has 1 aromatic carbocycles. The van der Waals surface area contributed by atoms with Crippen LogP contribution in [-0.4, -0.2) is 24.9 Å². The van der Waals surface area contributed by atoms with Gasteiger partial charge in [-0.25, -0.2) is 0 Å². The van der Waals surface area contributed by atoms with Gasteiger partial charge in [-0.1, -0.05) is 12.1 Å². The van der Waals surface area contributed by atoms with Crippen molar-refractivity contribution in [3.05, 3.63) is 35.5 Å². The van der Waals surface area contributed by atoms with Crippen LogP contribution >= 0.6 is 11.7 Å². The van der Waals surface area contributed by atoms with Gasteiger partial charge < -0.3 is 22.5 Å². The van der Waals surface area contributed by atoms with Crippen molar-refractivity contribution < 1.29 is 4.79 Å². The van der Waals surface area contributed by atoms with E-state index in [1.165, 1.54) is 0 Å². The lowest BCUT2D eigenvalue weighted by molar-refractivity contribution is 0.0997. The van der Waals surface area contributed by atoms with Crippen molar-refractivity contribution in [3.8, 4) is 0 Å². The molecule has 25 heavy (non-hydrogen) atoms. The summed E-state index contributed by atoms with van der Waals surface area (Å²) < 4.78 is 7.84. The normalized spacial score (nSPS) is 11.0. The third-order valence-electron chi connectivity index (χ3n) is 3.18. The number of hydrogen-bond donors (Lipinski definition) is 5. The average Bonchev–Trinajstić information content (AvgIpc) is 3.19. The molecule has 0 saturated heterocycles. The Labute approximate surface area is 145 Å². The Balaban J connectivity index is 1.64. The number of H-pyrrole nitrogens is 1. The minimum atomic E-state index is -0.621. The van der Waals surface area contributed by atoms with Crippen molar-refractivity contribution in [1.29, 1.82) is 0 Å². The van der Waals surface area contributed by atoms with Gasteiger partial charge in [-0.05, 0) is 17.7 Å². The van der Waals surface area contributed by atoms with E-state index in [9.17, 15) is 4.79 Å². The SMILES string of the molecule is NC(=O)c1nsnc1NCc1ccc(N=Nc2c(N)n[nH]c2N)cc1. The van der Waals surface area contributed by atoms with Gasteiger partial charge in [0.1, 0.15) is 5.82 Å². The number of azo groups is 1. The van der Waals surface area contributed by atoms with Crippen LogP contribution in [0.15, 0.2) is 34.5 Å². The monoisotopic (exact) mass is 358 g/mol. The molecule has 11 nitrogen and oxygen atoms in total. The van der Waals surface area contributed by atoms with Crippen LogP contribution in [0.2, 0.25) is 0 Å². The molecule has 0 unspecified atom stereocenters. The number of carbonyl (C=O) groups excluding carboxylic acids is 1. The van der Waals surface area contributed by atoms with E-state index in [4.69, 9.17) is 17.2 Å². The molecule has 0 fully saturated rings. The highest BCUT2D eigenvalue weighted by Gasteiger charge is 2.12. The van der Waals surface area contributed by atoms with E-state index in [-0.39, 0.29) is 17.3 Å². The van der Waals surface area contributed by atoms with Crippen LogP contribution in [-0.2, 0) is 6.54 Å². The molecule has 0 radical (unpaired) electrons. The van der Waals surface area contributed by atoms with Gasteiger partial charge in [0.25, 0.3) is 5.91 Å². The minimum absolute atomic E-state index is 0.130. The van der Waals surface area contributed by atoms with Crippen molar-refractivity contribution in [3.63, 3.8) is 0 Å². The van der Waals surface area contributed by atoms with E-state index in [1.54, 1.807) is 12.1 Å². The van der Waals surface area contributed by atoms with Crippen LogP contribution in [0.5, 0.6) is 0 Å². The van der Waals surface area contributed by atoms with Crippen LogP contribution in [0.4, 0.5) is 28.8 Å². The maximum Gasteiger partial charge on any atom is 0.272 e. The quantitative estimate of drug-likeness (QED) is 0.413. The fourth-order valence-electron chi connectivity index (χ4n) is 1.91. The Hall–Kier alpha value is -3.54. The summed E-state index contributed by atoms with van der Waals surface area (Å²) in [7, 11) is 0. The summed E-state index contributed by atoms with van der Waals surface area (Å²) in [5.41, 5.74) is 18.5. The Bertz CT molecular complexity index is 894. The summed E-state index contributed by atoms with van der Waals surface area (Å²) in [6.07, 6.45) is 0. The lowest BCUT2D eigenvalue weighted by atomic mass is 10.2. The Morgan fingerprint density at radius 1 is 1.20 bits per heavy atom. The second-order valence-corrected chi connectivity index (χ2v) is 5.45. The number of anilines is 3. The number of carbonyl (C=O) groups is 1. The Morgan fingerprint density at radius 2 is 1.96 bits per heavy atom. The van der Waals surface area contributed by atoms with E-state index in [2.05, 4.69) is 34.5 Å². The Kier molecular flexibility index (Phi) is 4.52. The fraction of sp³-hybridized carbons (Fsp3) is 0.0769. The van der Waals surface area contributed by atoms with Gasteiger partial charge in [-0.3, -0.25) is 9.89 Å². The standard InChI is InChI=1S/C13H14N10OS/c14-10-8(11(15)21-20-10)19-18-7-3-1-6(2-4-7)5-17-13-9(12(16)24)22-25-23-13/h1-4H,5H2,(H2,16,24)(H,17,23)(H5,14,15,20,21). The second kappa shape index (κ2) is 6.92. The number of rotatable bonds is 6. The van der Waals surface area contributed by atoms with Gasteiger partial charge in [0, 0.05) is 6.54 Å². The molecule has 0 bridgehead atoms. The molecular weight excluding hydrogens is 344 g/mol. The molecule has 3 rings (SSSR count). The molecule has 1 amide bonds. The van der Waals surface area contributed by atoms with E-state index in [0.717, 1.165) is 17.3 Å². The molecule has 2 heterocycles. The zero-order chi connectivity index (χ0) is 17.8. The van der Waals surface area contributed by atoms with Gasteiger partial charge in [-0.15, -0.1) is 5.11 Å². The molecule has 0 aliphatic heterocycles. The molecule has 128 valence electrons. The molecule has 0 atom stereocenters. The summed E-state index contributed by atoms with van der Waals surface area (Å²) in [4.78, 5) is 11.2. The summed E-state index contributed by atoms with van der Waals surface area (Å²) in [6.45, 7) is 0.449. The first kappa shape index (κ1) is 16.3. The van der Waals surface area contributed by atoms with Gasteiger partial charge >= 0.3 is 0 Å². The number of nitrogens with two attached hydrogens (primary N) is 3. The average molecular weight is 358 g/mol. The number of aromatic nitrogens is 4. The van der Waals surface area contributed by atoms with Gasteiger partial charge in [0.15, 0.2) is 23.0 Å². The highest BCUT2D eigenvalue weighted by Crippen LogP contribution is 2.28. The third kappa shape index (κ3) is 3.69. The zero-order valence-corrected chi connectivity index (χ0v) is 13.6. The number of amides is 1. The predicted octanol–water partition coefficient (Wildman–Crippen LogP) is 1.55. The second-order valence-electron chi connectivity index (χ2n) is 4.92. The van der Waals surface area contributed by atoms with Crippen LogP contribution in [0.25, 0.3) is 0 Å². The highest BCUT2D eigenvalue weighted by atomic mass is 32.1. The lowest BCUT2D eigenvalue weighted by Gasteiger charge is -2.04. The summed E-state index contributed by atoms with van der Waals surface area (Å²) >= 11 is 0.921. The molecule has 0 saturated carbocycles. The van der Waals surface area contributed by atoms with Crippen molar-refractivity contribution in [2.75, 3.05) is 16.8 Å². The van der Waals surface area contributed by atoms with Gasteiger partial charge in [0.05, 0.1) is 17.4 Å². The van der Waals surface area contributed by atoms with Crippen molar-refractivity contribution in [2.45, 2.75) is 6.54 Å². The van der Waals surface area contributed by atoms with Crippen LogP contribution in [0.3, 0.4) is 0 Å². The van der Waals surface area contributed by atoms with Crippen molar-refractivity contribution >= 4 is 46.5 Å². The van der Waals surface area contributed by atoms with Crippen molar-refractivity contribution in [2.24, 2.45) is 16.0 Å². The molecule has 2 aromatic heterocycles. The number of nitrogen functional groups attached to an aromatic ring is 2. The third-order valence-corrected chi connectivity index (χ3v) is 3.71. The summed E-state index contributed by atoms with van der Waals surface area (Å²) in [5.74, 6) is 0.186. The molecule has 12 heteroatoms. The number of hydrogen-bond acceptors (Lipinski definition) is 10. The number of aromatic amines is 1.